The summed E-state index contributed by atoms with van der Waals surface area (Å²) in [6, 6.07) is 11.1. The second kappa shape index (κ2) is 7.65. The van der Waals surface area contributed by atoms with Gasteiger partial charge in [0.1, 0.15) is 0 Å². The van der Waals surface area contributed by atoms with E-state index < -0.39 is 0 Å². The number of nitrogens with zero attached hydrogens (tertiary/aromatic N) is 5. The van der Waals surface area contributed by atoms with Crippen molar-refractivity contribution in [1.29, 1.82) is 0 Å². The van der Waals surface area contributed by atoms with Gasteiger partial charge >= 0.3 is 0 Å². The highest BCUT2D eigenvalue weighted by molar-refractivity contribution is 8.00. The molecular formula is C18H24N6OS. The van der Waals surface area contributed by atoms with Crippen molar-refractivity contribution in [3.05, 3.63) is 30.3 Å². The summed E-state index contributed by atoms with van der Waals surface area (Å²) in [5.41, 5.74) is 1.26. The molecule has 1 aliphatic heterocycles. The Kier molecular flexibility index (Phi) is 5.10. The molecule has 0 spiro atoms. The largest absolute Gasteiger partial charge is 0.371 e. The number of anilines is 1. The maximum Gasteiger partial charge on any atom is 0.233 e. The van der Waals surface area contributed by atoms with Gasteiger partial charge in [-0.3, -0.25) is 4.79 Å². The Balaban J connectivity index is 1.26. The van der Waals surface area contributed by atoms with Gasteiger partial charge in [0.05, 0.1) is 11.3 Å². The molecule has 1 aromatic heterocycles. The molecule has 1 aromatic carbocycles. The van der Waals surface area contributed by atoms with E-state index in [-0.39, 0.29) is 17.2 Å². The fourth-order valence-corrected chi connectivity index (χ4v) is 4.13. The number of hydrogen-bond acceptors (Lipinski definition) is 6. The number of piperidine rings is 1. The molecule has 1 unspecified atom stereocenters. The molecule has 0 bridgehead atoms. The molecule has 2 aliphatic rings. The average Bonchev–Trinajstić information content (AvgIpc) is 3.42. The molecule has 2 fully saturated rings. The monoisotopic (exact) mass is 372 g/mol. The minimum absolute atomic E-state index is 0.0681. The smallest absolute Gasteiger partial charge is 0.233 e. The second-order valence-electron chi connectivity index (χ2n) is 7.00. The van der Waals surface area contributed by atoms with Gasteiger partial charge in [0.15, 0.2) is 0 Å². The number of tetrazole rings is 1. The standard InChI is InChI=1S/C18H24N6OS/c1-13(26-18-20-21-22-24(18)16-7-8-16)17(25)19-14-9-11-23(12-10-14)15-5-3-2-4-6-15/h2-6,13-14,16H,7-12H2,1H3,(H,19,25). The second-order valence-corrected chi connectivity index (χ2v) is 8.31. The number of nitrogens with one attached hydrogen (secondary N) is 1. The summed E-state index contributed by atoms with van der Waals surface area (Å²) >= 11 is 1.44. The van der Waals surface area contributed by atoms with Crippen LogP contribution in [0, 0.1) is 0 Å². The molecule has 1 saturated heterocycles. The van der Waals surface area contributed by atoms with Crippen LogP contribution < -0.4 is 10.2 Å². The lowest BCUT2D eigenvalue weighted by molar-refractivity contribution is -0.121. The molecule has 138 valence electrons. The Morgan fingerprint density at radius 2 is 1.92 bits per heavy atom. The quantitative estimate of drug-likeness (QED) is 0.784. The number of rotatable bonds is 6. The third kappa shape index (κ3) is 4.00. The summed E-state index contributed by atoms with van der Waals surface area (Å²) in [6.45, 7) is 3.86. The van der Waals surface area contributed by atoms with Gasteiger partial charge in [0, 0.05) is 24.8 Å². The molecule has 2 heterocycles. The Morgan fingerprint density at radius 1 is 1.19 bits per heavy atom. The number of amides is 1. The molecule has 4 rings (SSSR count). The van der Waals surface area contributed by atoms with Gasteiger partial charge in [-0.1, -0.05) is 30.0 Å². The van der Waals surface area contributed by atoms with Gasteiger partial charge in [0.2, 0.25) is 11.1 Å². The maximum atomic E-state index is 12.6. The molecule has 1 saturated carbocycles. The maximum absolute atomic E-state index is 12.6. The first-order valence-corrected chi connectivity index (χ1v) is 10.1. The van der Waals surface area contributed by atoms with Crippen LogP contribution in [-0.4, -0.2) is 50.5 Å². The predicted molar refractivity (Wildman–Crippen MR) is 101 cm³/mol. The van der Waals surface area contributed by atoms with Crippen molar-refractivity contribution in [2.45, 2.75) is 55.1 Å². The van der Waals surface area contributed by atoms with E-state index in [1.54, 1.807) is 0 Å². The number of carbonyl (C=O) groups excluding carboxylic acids is 1. The van der Waals surface area contributed by atoms with Gasteiger partial charge in [-0.05, 0) is 55.2 Å². The number of carbonyl (C=O) groups is 1. The third-order valence-electron chi connectivity index (χ3n) is 4.97. The summed E-state index contributed by atoms with van der Waals surface area (Å²) < 4.78 is 1.85. The van der Waals surface area contributed by atoms with Crippen LogP contribution in [0.4, 0.5) is 5.69 Å². The Morgan fingerprint density at radius 3 is 2.62 bits per heavy atom. The summed E-state index contributed by atoms with van der Waals surface area (Å²) in [5, 5.41) is 15.6. The van der Waals surface area contributed by atoms with Crippen molar-refractivity contribution in [1.82, 2.24) is 25.5 Å². The summed E-state index contributed by atoms with van der Waals surface area (Å²) in [4.78, 5) is 14.9. The van der Waals surface area contributed by atoms with Crippen LogP contribution in [0.1, 0.15) is 38.6 Å². The highest BCUT2D eigenvalue weighted by atomic mass is 32.2. The van der Waals surface area contributed by atoms with Crippen LogP contribution in [0.25, 0.3) is 0 Å². The van der Waals surface area contributed by atoms with E-state index in [0.29, 0.717) is 6.04 Å². The van der Waals surface area contributed by atoms with E-state index in [1.165, 1.54) is 17.4 Å². The lowest BCUT2D eigenvalue weighted by Gasteiger charge is -2.34. The number of para-hydroxylation sites is 1. The van der Waals surface area contributed by atoms with Crippen molar-refractivity contribution >= 4 is 23.4 Å². The molecule has 1 amide bonds. The van der Waals surface area contributed by atoms with Crippen LogP contribution in [0.5, 0.6) is 0 Å². The summed E-state index contributed by atoms with van der Waals surface area (Å²) in [7, 11) is 0. The van der Waals surface area contributed by atoms with Gasteiger partial charge in [-0.15, -0.1) is 5.10 Å². The Labute approximate surface area is 157 Å². The van der Waals surface area contributed by atoms with Gasteiger partial charge in [0.25, 0.3) is 0 Å². The van der Waals surface area contributed by atoms with E-state index in [1.807, 2.05) is 17.7 Å². The normalized spacial score (nSPS) is 19.3. The fourth-order valence-electron chi connectivity index (χ4n) is 3.26. The fraction of sp³-hybridized carbons (Fsp3) is 0.556. The van der Waals surface area contributed by atoms with Crippen LogP contribution >= 0.6 is 11.8 Å². The van der Waals surface area contributed by atoms with E-state index in [0.717, 1.165) is 43.9 Å². The molecule has 1 atom stereocenters. The van der Waals surface area contributed by atoms with Crippen LogP contribution in [0.15, 0.2) is 35.5 Å². The van der Waals surface area contributed by atoms with Crippen LogP contribution in [0.2, 0.25) is 0 Å². The lowest BCUT2D eigenvalue weighted by atomic mass is 10.0. The molecule has 2 aromatic rings. The molecule has 0 radical (unpaired) electrons. The SMILES string of the molecule is CC(Sc1nnnn1C1CC1)C(=O)NC1CCN(c2ccccc2)CC1. The Bertz CT molecular complexity index is 739. The highest BCUT2D eigenvalue weighted by Crippen LogP contribution is 2.37. The Hall–Kier alpha value is -2.09. The topological polar surface area (TPSA) is 75.9 Å². The first-order chi connectivity index (χ1) is 12.7. The first-order valence-electron chi connectivity index (χ1n) is 9.25. The van der Waals surface area contributed by atoms with Gasteiger partial charge in [-0.25, -0.2) is 4.68 Å². The number of hydrogen-bond donors (Lipinski definition) is 1. The average molecular weight is 372 g/mol. The summed E-state index contributed by atoms with van der Waals surface area (Å²) in [5.74, 6) is 0.0681. The molecule has 1 N–H and O–H groups in total. The zero-order valence-corrected chi connectivity index (χ0v) is 15.7. The number of thioether (sulfide) groups is 1. The van der Waals surface area contributed by atoms with E-state index in [4.69, 9.17) is 0 Å². The molecule has 7 nitrogen and oxygen atoms in total. The summed E-state index contributed by atoms with van der Waals surface area (Å²) in [6.07, 6.45) is 4.19. The van der Waals surface area contributed by atoms with Crippen molar-refractivity contribution in [3.8, 4) is 0 Å². The van der Waals surface area contributed by atoms with Gasteiger partial charge in [-0.2, -0.15) is 0 Å². The predicted octanol–water partition coefficient (Wildman–Crippen LogP) is 2.27. The zero-order chi connectivity index (χ0) is 17.9. The molecule has 26 heavy (non-hydrogen) atoms. The van der Waals surface area contributed by atoms with Crippen LogP contribution in [0.3, 0.4) is 0 Å². The van der Waals surface area contributed by atoms with Crippen LogP contribution in [-0.2, 0) is 4.79 Å². The molecule has 1 aliphatic carbocycles. The van der Waals surface area contributed by atoms with Crippen molar-refractivity contribution in [3.63, 3.8) is 0 Å². The van der Waals surface area contributed by atoms with Crippen molar-refractivity contribution in [2.75, 3.05) is 18.0 Å². The minimum Gasteiger partial charge on any atom is -0.371 e. The van der Waals surface area contributed by atoms with Crippen molar-refractivity contribution < 1.29 is 4.79 Å². The lowest BCUT2D eigenvalue weighted by Crippen LogP contribution is -2.46. The van der Waals surface area contributed by atoms with E-state index in [2.05, 4.69) is 50.0 Å². The van der Waals surface area contributed by atoms with Gasteiger partial charge < -0.3 is 10.2 Å². The number of aromatic nitrogens is 4. The van der Waals surface area contributed by atoms with E-state index in [9.17, 15) is 4.79 Å². The molecular weight excluding hydrogens is 348 g/mol. The highest BCUT2D eigenvalue weighted by Gasteiger charge is 2.30. The third-order valence-corrected chi connectivity index (χ3v) is 6.02. The van der Waals surface area contributed by atoms with E-state index >= 15 is 0 Å². The minimum atomic E-state index is -0.203. The first kappa shape index (κ1) is 17.3. The number of benzene rings is 1. The molecule has 8 heteroatoms. The van der Waals surface area contributed by atoms with Crippen molar-refractivity contribution in [2.24, 2.45) is 0 Å². The zero-order valence-electron chi connectivity index (χ0n) is 14.9.